The fourth-order valence-electron chi connectivity index (χ4n) is 6.09. The summed E-state index contributed by atoms with van der Waals surface area (Å²) in [5.41, 5.74) is 15.0. The average Bonchev–Trinajstić information content (AvgIpc) is 3.52. The van der Waals surface area contributed by atoms with Crippen molar-refractivity contribution < 1.29 is 4.74 Å². The summed E-state index contributed by atoms with van der Waals surface area (Å²) in [6.07, 6.45) is 3.54. The molecule has 0 atom stereocenters. The Morgan fingerprint density at radius 3 is 2.30 bits per heavy atom. The Labute approximate surface area is 276 Å². The predicted molar refractivity (Wildman–Crippen MR) is 194 cm³/mol. The number of aromatic nitrogens is 4. The summed E-state index contributed by atoms with van der Waals surface area (Å²) in [6.45, 7) is 12.6. The van der Waals surface area contributed by atoms with E-state index in [9.17, 15) is 0 Å². The maximum Gasteiger partial charge on any atom is 0.165 e. The summed E-state index contributed by atoms with van der Waals surface area (Å²) >= 11 is 0. The fourth-order valence-corrected chi connectivity index (χ4v) is 6.09. The summed E-state index contributed by atoms with van der Waals surface area (Å²) in [7, 11) is 1.73. The van der Waals surface area contributed by atoms with Crippen LogP contribution in [-0.2, 0) is 6.54 Å². The van der Waals surface area contributed by atoms with Crippen LogP contribution in [0.15, 0.2) is 110 Å². The molecule has 7 rings (SSSR count). The standard InChI is InChI=1S/C37H35N7O.C2H6/c1-3-27-11-7-13-33(34(27)45-2)43-23-21-42(22-24-43)25-26-14-16-29(17-15-26)44-36(30-12-8-20-39-35(30)38)41-32-19-18-31(40-37(32)44)28-9-5-4-6-10-28;1-2/h3-20H,1,21-25H2,2H3,(H2,38,39);1-2H3. The highest BCUT2D eigenvalue weighted by atomic mass is 16.5. The van der Waals surface area contributed by atoms with Crippen molar-refractivity contribution in [1.82, 2.24) is 24.4 Å². The number of methoxy groups -OCH3 is 1. The number of piperazine rings is 1. The molecule has 0 aliphatic carbocycles. The summed E-state index contributed by atoms with van der Waals surface area (Å²) in [4.78, 5) is 19.3. The van der Waals surface area contributed by atoms with Crippen LogP contribution in [0.1, 0.15) is 25.0 Å². The molecule has 0 radical (unpaired) electrons. The minimum atomic E-state index is 0.432. The van der Waals surface area contributed by atoms with E-state index in [2.05, 4.69) is 74.5 Å². The molecular weight excluding hydrogens is 582 g/mol. The number of hydrogen-bond acceptors (Lipinski definition) is 7. The molecule has 238 valence electrons. The number of nitrogens with two attached hydrogens (primary N) is 1. The number of anilines is 2. The molecule has 1 aliphatic rings. The SMILES string of the molecule is C=Cc1cccc(N2CCN(Cc3ccc(-n4c(-c5cccnc5N)nc5ccc(-c6ccccc6)nc54)cc3)CC2)c1OC.CC. The Morgan fingerprint density at radius 2 is 1.60 bits per heavy atom. The van der Waals surface area contributed by atoms with Crippen molar-refractivity contribution in [2.75, 3.05) is 43.9 Å². The largest absolute Gasteiger partial charge is 0.494 e. The Bertz CT molecular complexity index is 1960. The van der Waals surface area contributed by atoms with Crippen LogP contribution >= 0.6 is 0 Å². The number of pyridine rings is 2. The van der Waals surface area contributed by atoms with Gasteiger partial charge in [-0.05, 0) is 48.0 Å². The van der Waals surface area contributed by atoms with E-state index in [0.717, 1.165) is 83.4 Å². The van der Waals surface area contributed by atoms with Crippen molar-refractivity contribution in [3.8, 4) is 34.1 Å². The zero-order chi connectivity index (χ0) is 32.8. The van der Waals surface area contributed by atoms with Crippen LogP contribution in [0.3, 0.4) is 0 Å². The van der Waals surface area contributed by atoms with Gasteiger partial charge in [0.2, 0.25) is 0 Å². The van der Waals surface area contributed by atoms with Crippen LogP contribution in [0.5, 0.6) is 5.75 Å². The number of ether oxygens (including phenoxy) is 1. The summed E-state index contributed by atoms with van der Waals surface area (Å²) in [5.74, 6) is 2.04. The number of benzene rings is 3. The minimum absolute atomic E-state index is 0.432. The van der Waals surface area contributed by atoms with Gasteiger partial charge in [0.25, 0.3) is 0 Å². The Hall–Kier alpha value is -5.47. The zero-order valence-electron chi connectivity index (χ0n) is 27.3. The van der Waals surface area contributed by atoms with E-state index in [1.807, 2.05) is 68.5 Å². The first-order chi connectivity index (χ1) is 23.1. The quantitative estimate of drug-likeness (QED) is 0.186. The lowest BCUT2D eigenvalue weighted by molar-refractivity contribution is 0.249. The monoisotopic (exact) mass is 623 g/mol. The molecule has 1 aliphatic heterocycles. The second-order valence-electron chi connectivity index (χ2n) is 11.1. The van der Waals surface area contributed by atoms with Crippen molar-refractivity contribution in [2.45, 2.75) is 20.4 Å². The third-order valence-corrected chi connectivity index (χ3v) is 8.42. The van der Waals surface area contributed by atoms with E-state index < -0.39 is 0 Å². The van der Waals surface area contributed by atoms with Gasteiger partial charge in [-0.25, -0.2) is 15.0 Å². The van der Waals surface area contributed by atoms with Crippen molar-refractivity contribution in [1.29, 1.82) is 0 Å². The lowest BCUT2D eigenvalue weighted by Crippen LogP contribution is -2.46. The van der Waals surface area contributed by atoms with Gasteiger partial charge in [-0.1, -0.05) is 81.1 Å². The van der Waals surface area contributed by atoms with Crippen molar-refractivity contribution in [3.63, 3.8) is 0 Å². The van der Waals surface area contributed by atoms with E-state index in [-0.39, 0.29) is 0 Å². The highest BCUT2D eigenvalue weighted by molar-refractivity contribution is 5.84. The van der Waals surface area contributed by atoms with Crippen LogP contribution < -0.4 is 15.4 Å². The zero-order valence-corrected chi connectivity index (χ0v) is 27.3. The van der Waals surface area contributed by atoms with Gasteiger partial charge in [0.05, 0.1) is 24.1 Å². The molecule has 8 heteroatoms. The lowest BCUT2D eigenvalue weighted by atomic mass is 10.1. The third kappa shape index (κ3) is 6.46. The first-order valence-electron chi connectivity index (χ1n) is 16.1. The molecule has 4 heterocycles. The number of nitrogen functional groups attached to an aromatic ring is 1. The number of para-hydroxylation sites is 1. The molecule has 8 nitrogen and oxygen atoms in total. The van der Waals surface area contributed by atoms with Gasteiger partial charge in [0.15, 0.2) is 11.5 Å². The minimum Gasteiger partial charge on any atom is -0.494 e. The normalized spacial score (nSPS) is 13.2. The van der Waals surface area contributed by atoms with Gasteiger partial charge < -0.3 is 15.4 Å². The summed E-state index contributed by atoms with van der Waals surface area (Å²) in [5, 5.41) is 0. The first kappa shape index (κ1) is 31.5. The molecule has 0 spiro atoms. The van der Waals surface area contributed by atoms with Crippen molar-refractivity contribution >= 4 is 28.7 Å². The van der Waals surface area contributed by atoms with Gasteiger partial charge >= 0.3 is 0 Å². The molecule has 3 aromatic heterocycles. The average molecular weight is 624 g/mol. The fraction of sp³-hybridized carbons (Fsp3) is 0.205. The topological polar surface area (TPSA) is 85.3 Å². The maximum absolute atomic E-state index is 6.34. The number of hydrogen-bond donors (Lipinski definition) is 1. The highest BCUT2D eigenvalue weighted by Crippen LogP contribution is 2.34. The summed E-state index contributed by atoms with van der Waals surface area (Å²) in [6, 6.07) is 33.0. The molecular formula is C39H41N7O. The van der Waals surface area contributed by atoms with Crippen LogP contribution in [0.4, 0.5) is 11.5 Å². The first-order valence-corrected chi connectivity index (χ1v) is 16.1. The van der Waals surface area contributed by atoms with E-state index in [0.29, 0.717) is 11.6 Å². The Kier molecular flexibility index (Phi) is 9.59. The molecule has 6 aromatic rings. The van der Waals surface area contributed by atoms with Crippen LogP contribution in [0, 0.1) is 0 Å². The van der Waals surface area contributed by atoms with Crippen LogP contribution in [0.2, 0.25) is 0 Å². The molecule has 0 saturated carbocycles. The molecule has 0 bridgehead atoms. The second kappa shape index (κ2) is 14.3. The Balaban J connectivity index is 0.00000190. The van der Waals surface area contributed by atoms with E-state index >= 15 is 0 Å². The van der Waals surface area contributed by atoms with Crippen LogP contribution in [-0.4, -0.2) is 57.7 Å². The predicted octanol–water partition coefficient (Wildman–Crippen LogP) is 7.73. The van der Waals surface area contributed by atoms with Crippen molar-refractivity contribution in [2.24, 2.45) is 0 Å². The van der Waals surface area contributed by atoms with Gasteiger partial charge in [0.1, 0.15) is 17.1 Å². The molecule has 2 N–H and O–H groups in total. The molecule has 3 aromatic carbocycles. The van der Waals surface area contributed by atoms with Crippen molar-refractivity contribution in [3.05, 3.63) is 121 Å². The molecule has 47 heavy (non-hydrogen) atoms. The van der Waals surface area contributed by atoms with E-state index in [4.69, 9.17) is 20.4 Å². The van der Waals surface area contributed by atoms with E-state index in [1.54, 1.807) is 13.3 Å². The molecule has 0 unspecified atom stereocenters. The lowest BCUT2D eigenvalue weighted by Gasteiger charge is -2.37. The number of fused-ring (bicyclic) bond motifs is 1. The van der Waals surface area contributed by atoms with Gasteiger partial charge in [-0.15, -0.1) is 0 Å². The van der Waals surface area contributed by atoms with Gasteiger partial charge in [-0.3, -0.25) is 9.47 Å². The third-order valence-electron chi connectivity index (χ3n) is 8.42. The number of nitrogens with zero attached hydrogens (tertiary/aromatic N) is 6. The smallest absolute Gasteiger partial charge is 0.165 e. The Morgan fingerprint density at radius 1 is 0.830 bits per heavy atom. The number of imidazole rings is 1. The summed E-state index contributed by atoms with van der Waals surface area (Å²) < 4.78 is 7.82. The van der Waals surface area contributed by atoms with E-state index in [1.165, 1.54) is 5.56 Å². The molecule has 0 amide bonds. The highest BCUT2D eigenvalue weighted by Gasteiger charge is 2.22. The van der Waals surface area contributed by atoms with Gasteiger partial charge in [-0.2, -0.15) is 0 Å². The molecule has 1 fully saturated rings. The second-order valence-corrected chi connectivity index (χ2v) is 11.1. The number of rotatable bonds is 8. The van der Waals surface area contributed by atoms with Crippen LogP contribution in [0.25, 0.3) is 45.6 Å². The van der Waals surface area contributed by atoms with Gasteiger partial charge in [0, 0.05) is 55.7 Å². The maximum atomic E-state index is 6.34. The molecule has 1 saturated heterocycles.